The van der Waals surface area contributed by atoms with Crippen molar-refractivity contribution in [2.24, 2.45) is 0 Å². The minimum absolute atomic E-state index is 0.313. The summed E-state index contributed by atoms with van der Waals surface area (Å²) in [5.74, 6) is -4.10. The van der Waals surface area contributed by atoms with Crippen LogP contribution in [0.5, 0.6) is 0 Å². The van der Waals surface area contributed by atoms with Crippen molar-refractivity contribution in [1.29, 1.82) is 0 Å². The highest BCUT2D eigenvalue weighted by Crippen LogP contribution is 2.24. The van der Waals surface area contributed by atoms with E-state index in [2.05, 4.69) is 10.3 Å². The molecule has 3 rings (SSSR count). The quantitative estimate of drug-likeness (QED) is 0.497. The maximum absolute atomic E-state index is 13.2. The van der Waals surface area contributed by atoms with Gasteiger partial charge in [0.25, 0.3) is 5.91 Å². The van der Waals surface area contributed by atoms with Crippen LogP contribution in [0.25, 0.3) is 11.3 Å². The number of ether oxygens (including phenoxy) is 1. The monoisotopic (exact) mass is 408 g/mol. The number of nitrogens with one attached hydrogen (secondary N) is 1. The molecule has 138 valence electrons. The van der Waals surface area contributed by atoms with Gasteiger partial charge in [-0.3, -0.25) is 10.1 Å². The van der Waals surface area contributed by atoms with Gasteiger partial charge in [0, 0.05) is 10.9 Å². The largest absolute Gasteiger partial charge is 0.452 e. The summed E-state index contributed by atoms with van der Waals surface area (Å²) in [7, 11) is 0. The number of hydrogen-bond acceptors (Lipinski definition) is 5. The van der Waals surface area contributed by atoms with Crippen molar-refractivity contribution in [3.05, 3.63) is 70.1 Å². The van der Waals surface area contributed by atoms with E-state index < -0.39 is 30.1 Å². The number of amides is 1. The van der Waals surface area contributed by atoms with Crippen molar-refractivity contribution in [3.63, 3.8) is 0 Å². The minimum atomic E-state index is -1.24. The predicted octanol–water partition coefficient (Wildman–Crippen LogP) is 4.54. The molecule has 1 N–H and O–H groups in total. The van der Waals surface area contributed by atoms with Crippen molar-refractivity contribution < 1.29 is 23.1 Å². The molecule has 1 amide bonds. The SMILES string of the molecule is O=C(COC(=O)c1cc(F)c(F)cc1Cl)Nc1nc(-c2ccccc2)cs1. The van der Waals surface area contributed by atoms with Gasteiger partial charge in [0.1, 0.15) is 0 Å². The van der Waals surface area contributed by atoms with Gasteiger partial charge < -0.3 is 4.74 Å². The first-order valence-electron chi connectivity index (χ1n) is 7.56. The summed E-state index contributed by atoms with van der Waals surface area (Å²) in [6.45, 7) is -0.631. The lowest BCUT2D eigenvalue weighted by Crippen LogP contribution is -2.21. The van der Waals surface area contributed by atoms with Crippen molar-refractivity contribution in [2.45, 2.75) is 0 Å². The Kier molecular flexibility index (Phi) is 5.78. The van der Waals surface area contributed by atoms with E-state index in [1.54, 1.807) is 5.38 Å². The van der Waals surface area contributed by atoms with E-state index >= 15 is 0 Å². The highest BCUT2D eigenvalue weighted by Gasteiger charge is 2.18. The Bertz CT molecular complexity index is 996. The molecule has 0 fully saturated rings. The molecule has 2 aromatic carbocycles. The Morgan fingerprint density at radius 2 is 1.85 bits per heavy atom. The number of esters is 1. The first kappa shape index (κ1) is 18.9. The molecule has 0 aliphatic heterocycles. The first-order valence-corrected chi connectivity index (χ1v) is 8.82. The third-order valence-electron chi connectivity index (χ3n) is 3.38. The molecule has 27 heavy (non-hydrogen) atoms. The van der Waals surface area contributed by atoms with E-state index in [1.807, 2.05) is 30.3 Å². The van der Waals surface area contributed by atoms with Crippen LogP contribution < -0.4 is 5.32 Å². The van der Waals surface area contributed by atoms with Crippen LogP contribution in [0.1, 0.15) is 10.4 Å². The molecule has 1 aromatic heterocycles. The molecule has 0 unspecified atom stereocenters. The number of benzene rings is 2. The molecule has 0 radical (unpaired) electrons. The predicted molar refractivity (Wildman–Crippen MR) is 97.8 cm³/mol. The minimum Gasteiger partial charge on any atom is -0.452 e. The highest BCUT2D eigenvalue weighted by atomic mass is 35.5. The third kappa shape index (κ3) is 4.66. The van der Waals surface area contributed by atoms with Crippen LogP contribution in [0.4, 0.5) is 13.9 Å². The standard InChI is InChI=1S/C18H11ClF2N2O3S/c19-12-7-14(21)13(20)6-11(12)17(25)26-8-16(24)23-18-22-15(9-27-18)10-4-2-1-3-5-10/h1-7,9H,8H2,(H,22,23,24). The fraction of sp³-hybridized carbons (Fsp3) is 0.0556. The van der Waals surface area contributed by atoms with Crippen LogP contribution in [0.2, 0.25) is 5.02 Å². The lowest BCUT2D eigenvalue weighted by molar-refractivity contribution is -0.119. The highest BCUT2D eigenvalue weighted by molar-refractivity contribution is 7.14. The summed E-state index contributed by atoms with van der Waals surface area (Å²) >= 11 is 6.90. The zero-order chi connectivity index (χ0) is 19.4. The van der Waals surface area contributed by atoms with Gasteiger partial charge >= 0.3 is 5.97 Å². The van der Waals surface area contributed by atoms with Crippen LogP contribution >= 0.6 is 22.9 Å². The molecular formula is C18H11ClF2N2O3S. The number of carbonyl (C=O) groups is 2. The summed E-state index contributed by atoms with van der Waals surface area (Å²) in [5.41, 5.74) is 1.22. The van der Waals surface area contributed by atoms with Gasteiger partial charge in [-0.15, -0.1) is 11.3 Å². The topological polar surface area (TPSA) is 68.3 Å². The zero-order valence-electron chi connectivity index (χ0n) is 13.5. The van der Waals surface area contributed by atoms with Gasteiger partial charge in [-0.1, -0.05) is 41.9 Å². The van der Waals surface area contributed by atoms with Gasteiger partial charge in [0.15, 0.2) is 23.4 Å². The Balaban J connectivity index is 1.58. The van der Waals surface area contributed by atoms with Gasteiger partial charge in [0.05, 0.1) is 16.3 Å². The zero-order valence-corrected chi connectivity index (χ0v) is 15.1. The van der Waals surface area contributed by atoms with Crippen molar-refractivity contribution in [1.82, 2.24) is 4.98 Å². The average molecular weight is 409 g/mol. The second-order valence-corrected chi connectivity index (χ2v) is 6.54. The summed E-state index contributed by atoms with van der Waals surface area (Å²) in [6, 6.07) is 10.7. The van der Waals surface area contributed by atoms with E-state index in [-0.39, 0.29) is 10.6 Å². The van der Waals surface area contributed by atoms with Gasteiger partial charge in [-0.2, -0.15) is 0 Å². The Hall–Kier alpha value is -2.84. The summed E-state index contributed by atoms with van der Waals surface area (Å²) < 4.78 is 31.0. The van der Waals surface area contributed by atoms with Crippen LogP contribution in [-0.2, 0) is 9.53 Å². The van der Waals surface area contributed by atoms with E-state index in [9.17, 15) is 18.4 Å². The Morgan fingerprint density at radius 3 is 2.59 bits per heavy atom. The van der Waals surface area contributed by atoms with E-state index in [0.29, 0.717) is 23.0 Å². The summed E-state index contributed by atoms with van der Waals surface area (Å²) in [5, 5.41) is 4.29. The maximum atomic E-state index is 13.2. The molecule has 0 spiro atoms. The van der Waals surface area contributed by atoms with Crippen LogP contribution in [-0.4, -0.2) is 23.5 Å². The number of aromatic nitrogens is 1. The number of rotatable bonds is 5. The maximum Gasteiger partial charge on any atom is 0.340 e. The van der Waals surface area contributed by atoms with Gasteiger partial charge in [-0.05, 0) is 12.1 Å². The molecule has 0 aliphatic carbocycles. The number of carbonyl (C=O) groups excluding carboxylic acids is 2. The lowest BCUT2D eigenvalue weighted by atomic mass is 10.2. The van der Waals surface area contributed by atoms with Gasteiger partial charge in [0.2, 0.25) is 0 Å². The second-order valence-electron chi connectivity index (χ2n) is 5.27. The first-order chi connectivity index (χ1) is 12.9. The van der Waals surface area contributed by atoms with Crippen molar-refractivity contribution >= 4 is 39.9 Å². The molecular weight excluding hydrogens is 398 g/mol. The molecule has 9 heteroatoms. The molecule has 0 bridgehead atoms. The number of hydrogen-bond donors (Lipinski definition) is 1. The van der Waals surface area contributed by atoms with E-state index in [1.165, 1.54) is 11.3 Å². The Morgan fingerprint density at radius 1 is 1.15 bits per heavy atom. The molecule has 0 atom stereocenters. The molecule has 0 aliphatic rings. The number of anilines is 1. The number of halogens is 3. The number of thiazole rings is 1. The Labute approximate surface area is 161 Å². The van der Waals surface area contributed by atoms with Crippen molar-refractivity contribution in [3.8, 4) is 11.3 Å². The van der Waals surface area contributed by atoms with Gasteiger partial charge in [-0.25, -0.2) is 18.6 Å². The summed E-state index contributed by atoms with van der Waals surface area (Å²) in [4.78, 5) is 28.1. The second kappa shape index (κ2) is 8.24. The van der Waals surface area contributed by atoms with Crippen molar-refractivity contribution in [2.75, 3.05) is 11.9 Å². The van der Waals surface area contributed by atoms with E-state index in [4.69, 9.17) is 16.3 Å². The fourth-order valence-electron chi connectivity index (χ4n) is 2.12. The molecule has 0 saturated heterocycles. The van der Waals surface area contributed by atoms with E-state index in [0.717, 1.165) is 5.56 Å². The lowest BCUT2D eigenvalue weighted by Gasteiger charge is -2.06. The average Bonchev–Trinajstić information content (AvgIpc) is 3.12. The third-order valence-corrected chi connectivity index (χ3v) is 4.45. The molecule has 5 nitrogen and oxygen atoms in total. The molecule has 1 heterocycles. The molecule has 3 aromatic rings. The smallest absolute Gasteiger partial charge is 0.340 e. The van der Waals surface area contributed by atoms with Crippen LogP contribution in [0.3, 0.4) is 0 Å². The number of nitrogens with zero attached hydrogens (tertiary/aromatic N) is 1. The summed E-state index contributed by atoms with van der Waals surface area (Å²) in [6.07, 6.45) is 0. The fourth-order valence-corrected chi connectivity index (χ4v) is 3.08. The van der Waals surface area contributed by atoms with Crippen LogP contribution in [0, 0.1) is 11.6 Å². The molecule has 0 saturated carbocycles. The normalized spacial score (nSPS) is 10.5. The van der Waals surface area contributed by atoms with Crippen LogP contribution in [0.15, 0.2) is 47.8 Å².